The van der Waals surface area contributed by atoms with E-state index >= 15 is 0 Å². The summed E-state index contributed by atoms with van der Waals surface area (Å²) in [6.07, 6.45) is 10.6. The van der Waals surface area contributed by atoms with Crippen LogP contribution in [0.5, 0.6) is 5.88 Å². The molecule has 1 saturated carbocycles. The van der Waals surface area contributed by atoms with Crippen LogP contribution >= 0.6 is 0 Å². The quantitative estimate of drug-likeness (QED) is 0.781. The van der Waals surface area contributed by atoms with Crippen LogP contribution in [0.1, 0.15) is 38.5 Å². The van der Waals surface area contributed by atoms with E-state index in [0.717, 1.165) is 57.9 Å². The fraction of sp³-hybridized carbons (Fsp3) is 0.765. The number of nitrogens with zero attached hydrogens (tertiary/aromatic N) is 3. The summed E-state index contributed by atoms with van der Waals surface area (Å²) in [5.41, 5.74) is 0. The molecule has 7 nitrogen and oxygen atoms in total. The van der Waals surface area contributed by atoms with Gasteiger partial charge in [-0.2, -0.15) is 0 Å². The average Bonchev–Trinajstić information content (AvgIpc) is 2.58. The predicted molar refractivity (Wildman–Crippen MR) is 93.4 cm³/mol. The normalized spacial score (nSPS) is 26.5. The minimum absolute atomic E-state index is 0.0323. The lowest BCUT2D eigenvalue weighted by atomic mass is 9.94. The molecule has 0 unspecified atom stereocenters. The molecule has 0 spiro atoms. The van der Waals surface area contributed by atoms with Crippen LogP contribution in [0.15, 0.2) is 17.4 Å². The Balaban J connectivity index is 1.43. The Labute approximate surface area is 149 Å². The molecule has 2 heterocycles. The van der Waals surface area contributed by atoms with E-state index in [0.29, 0.717) is 18.1 Å². The number of hydrogen-bond donors (Lipinski definition) is 0. The van der Waals surface area contributed by atoms with Gasteiger partial charge in [-0.1, -0.05) is 0 Å². The monoisotopic (exact) mass is 369 g/mol. The minimum atomic E-state index is -3.33. The molecule has 1 aromatic heterocycles. The first-order valence-corrected chi connectivity index (χ1v) is 10.8. The second-order valence-corrected chi connectivity index (χ2v) is 9.08. The molecule has 3 rings (SSSR count). The van der Waals surface area contributed by atoms with E-state index in [1.165, 1.54) is 12.4 Å². The summed E-state index contributed by atoms with van der Waals surface area (Å²) < 4.78 is 34.9. The molecular formula is C17H27N3O4S. The highest BCUT2D eigenvalue weighted by Gasteiger charge is 2.27. The molecule has 1 aromatic rings. The Hall–Kier alpha value is -1.25. The minimum Gasteiger partial charge on any atom is -0.473 e. The smallest absolute Gasteiger partial charge is 0.232 e. The first-order valence-electron chi connectivity index (χ1n) is 8.93. The molecule has 0 N–H and O–H groups in total. The van der Waals surface area contributed by atoms with Gasteiger partial charge in [0.15, 0.2) is 14.9 Å². The lowest BCUT2D eigenvalue weighted by molar-refractivity contribution is -0.0646. The van der Waals surface area contributed by atoms with Gasteiger partial charge < -0.3 is 14.4 Å². The summed E-state index contributed by atoms with van der Waals surface area (Å²) in [6, 6.07) is 0. The number of aromatic nitrogens is 2. The predicted octanol–water partition coefficient (Wildman–Crippen LogP) is 1.68. The molecule has 1 aliphatic carbocycles. The molecule has 1 saturated heterocycles. The summed E-state index contributed by atoms with van der Waals surface area (Å²) in [5, 5.41) is -0.0323. The van der Waals surface area contributed by atoms with Crippen LogP contribution in [0, 0.1) is 0 Å². The van der Waals surface area contributed by atoms with Crippen molar-refractivity contribution in [1.29, 1.82) is 0 Å². The third-order valence-corrected chi connectivity index (χ3v) is 5.91. The van der Waals surface area contributed by atoms with Crippen molar-refractivity contribution >= 4 is 9.84 Å². The highest BCUT2D eigenvalue weighted by molar-refractivity contribution is 7.90. The largest absolute Gasteiger partial charge is 0.473 e. The van der Waals surface area contributed by atoms with Crippen LogP contribution in [-0.4, -0.2) is 68.0 Å². The van der Waals surface area contributed by atoms with Crippen LogP contribution in [-0.2, 0) is 14.6 Å². The van der Waals surface area contributed by atoms with Gasteiger partial charge in [-0.3, -0.25) is 0 Å². The fourth-order valence-electron chi connectivity index (χ4n) is 3.41. The molecule has 0 amide bonds. The maximum absolute atomic E-state index is 11.4. The van der Waals surface area contributed by atoms with Crippen molar-refractivity contribution in [3.8, 4) is 5.88 Å². The summed E-state index contributed by atoms with van der Waals surface area (Å²) in [7, 11) is -1.17. The average molecular weight is 369 g/mol. The Morgan fingerprint density at radius 1 is 0.960 bits per heavy atom. The van der Waals surface area contributed by atoms with E-state index in [-0.39, 0.29) is 11.1 Å². The van der Waals surface area contributed by atoms with E-state index in [1.807, 2.05) is 0 Å². The van der Waals surface area contributed by atoms with Gasteiger partial charge in [-0.05, 0) is 45.6 Å². The number of sulfone groups is 1. The van der Waals surface area contributed by atoms with E-state index in [4.69, 9.17) is 9.47 Å². The molecule has 0 radical (unpaired) electrons. The molecular weight excluding hydrogens is 342 g/mol. The van der Waals surface area contributed by atoms with Crippen molar-refractivity contribution in [2.24, 2.45) is 0 Å². The van der Waals surface area contributed by atoms with Crippen molar-refractivity contribution in [2.75, 3.05) is 26.4 Å². The van der Waals surface area contributed by atoms with Crippen molar-refractivity contribution in [2.45, 2.75) is 61.9 Å². The van der Waals surface area contributed by atoms with Crippen LogP contribution in [0.4, 0.5) is 0 Å². The van der Waals surface area contributed by atoms with Gasteiger partial charge in [-0.25, -0.2) is 18.4 Å². The zero-order valence-electron chi connectivity index (χ0n) is 14.9. The van der Waals surface area contributed by atoms with Crippen molar-refractivity contribution in [3.63, 3.8) is 0 Å². The SMILES string of the molecule is CN1CCC(OC2CCC(Oc3cnc(S(C)(=O)=O)cn3)CC2)CC1. The lowest BCUT2D eigenvalue weighted by Crippen LogP contribution is -2.37. The summed E-state index contributed by atoms with van der Waals surface area (Å²) >= 11 is 0. The lowest BCUT2D eigenvalue weighted by Gasteiger charge is -2.34. The van der Waals surface area contributed by atoms with Crippen LogP contribution in [0.3, 0.4) is 0 Å². The number of piperidine rings is 1. The molecule has 140 valence electrons. The Morgan fingerprint density at radius 2 is 1.56 bits per heavy atom. The fourth-order valence-corrected chi connectivity index (χ4v) is 3.90. The van der Waals surface area contributed by atoms with E-state index in [1.54, 1.807) is 0 Å². The number of likely N-dealkylation sites (tertiary alicyclic amines) is 1. The van der Waals surface area contributed by atoms with Crippen LogP contribution < -0.4 is 4.74 Å². The Kier molecular flexibility index (Phi) is 5.91. The molecule has 2 fully saturated rings. The molecule has 0 atom stereocenters. The van der Waals surface area contributed by atoms with Gasteiger partial charge in [0.1, 0.15) is 6.10 Å². The highest BCUT2D eigenvalue weighted by Crippen LogP contribution is 2.27. The molecule has 0 bridgehead atoms. The Bertz CT molecular complexity index is 649. The van der Waals surface area contributed by atoms with Crippen LogP contribution in [0.25, 0.3) is 0 Å². The van der Waals surface area contributed by atoms with Gasteiger partial charge in [0.05, 0.1) is 24.6 Å². The maximum atomic E-state index is 11.4. The second kappa shape index (κ2) is 7.97. The second-order valence-electron chi connectivity index (χ2n) is 7.12. The number of ether oxygens (including phenoxy) is 2. The first kappa shape index (κ1) is 18.5. The molecule has 2 aliphatic rings. The van der Waals surface area contributed by atoms with Crippen LogP contribution in [0.2, 0.25) is 0 Å². The van der Waals surface area contributed by atoms with E-state index in [9.17, 15) is 8.42 Å². The van der Waals surface area contributed by atoms with Crippen molar-refractivity contribution < 1.29 is 17.9 Å². The van der Waals surface area contributed by atoms with E-state index in [2.05, 4.69) is 21.9 Å². The van der Waals surface area contributed by atoms with Gasteiger partial charge >= 0.3 is 0 Å². The third kappa shape index (κ3) is 5.36. The first-order chi connectivity index (χ1) is 11.9. The molecule has 1 aliphatic heterocycles. The summed E-state index contributed by atoms with van der Waals surface area (Å²) in [4.78, 5) is 10.3. The molecule has 25 heavy (non-hydrogen) atoms. The Morgan fingerprint density at radius 3 is 2.12 bits per heavy atom. The van der Waals surface area contributed by atoms with E-state index < -0.39 is 9.84 Å². The van der Waals surface area contributed by atoms with Gasteiger partial charge in [-0.15, -0.1) is 0 Å². The maximum Gasteiger partial charge on any atom is 0.232 e. The van der Waals surface area contributed by atoms with Gasteiger partial charge in [0.25, 0.3) is 0 Å². The molecule has 8 heteroatoms. The zero-order valence-corrected chi connectivity index (χ0v) is 15.7. The van der Waals surface area contributed by atoms with Gasteiger partial charge in [0, 0.05) is 19.3 Å². The third-order valence-electron chi connectivity index (χ3n) is 4.94. The zero-order chi connectivity index (χ0) is 17.9. The summed E-state index contributed by atoms with van der Waals surface area (Å²) in [6.45, 7) is 2.23. The summed E-state index contributed by atoms with van der Waals surface area (Å²) in [5.74, 6) is 0.382. The number of rotatable bonds is 5. The van der Waals surface area contributed by atoms with Gasteiger partial charge in [0.2, 0.25) is 5.88 Å². The van der Waals surface area contributed by atoms with Crippen molar-refractivity contribution in [1.82, 2.24) is 14.9 Å². The highest BCUT2D eigenvalue weighted by atomic mass is 32.2. The topological polar surface area (TPSA) is 81.6 Å². The standard InChI is InChI=1S/C17H27N3O4S/c1-20-9-7-15(8-10-20)23-13-3-5-14(6-4-13)24-16-11-19-17(12-18-16)25(2,21)22/h11-15H,3-10H2,1-2H3. The molecule has 0 aromatic carbocycles. The van der Waals surface area contributed by atoms with Crippen molar-refractivity contribution in [3.05, 3.63) is 12.4 Å². The number of hydrogen-bond acceptors (Lipinski definition) is 7.